The van der Waals surface area contributed by atoms with Gasteiger partial charge < -0.3 is 4.90 Å². The van der Waals surface area contributed by atoms with Crippen molar-refractivity contribution < 1.29 is 9.72 Å². The van der Waals surface area contributed by atoms with E-state index in [1.807, 2.05) is 13.2 Å². The van der Waals surface area contributed by atoms with E-state index in [1.165, 1.54) is 23.9 Å². The highest BCUT2D eigenvalue weighted by molar-refractivity contribution is 7.98. The van der Waals surface area contributed by atoms with E-state index in [4.69, 9.17) is 0 Å². The maximum Gasteiger partial charge on any atom is 0.269 e. The Bertz CT molecular complexity index is 719. The number of non-ortho nitro benzene ring substituents is 1. The minimum Gasteiger partial charge on any atom is -0.335 e. The van der Waals surface area contributed by atoms with E-state index in [2.05, 4.69) is 4.98 Å². The van der Waals surface area contributed by atoms with Crippen LogP contribution in [0.3, 0.4) is 0 Å². The van der Waals surface area contributed by atoms with Crippen molar-refractivity contribution >= 4 is 23.4 Å². The monoisotopic (exact) mass is 331 g/mol. The number of hydrogen-bond donors (Lipinski definition) is 0. The van der Waals surface area contributed by atoms with Gasteiger partial charge in [-0.25, -0.2) is 4.98 Å². The number of amides is 1. The van der Waals surface area contributed by atoms with Crippen LogP contribution in [0.1, 0.15) is 28.9 Å². The van der Waals surface area contributed by atoms with Gasteiger partial charge in [0.15, 0.2) is 0 Å². The molecule has 1 atom stereocenters. The van der Waals surface area contributed by atoms with Crippen LogP contribution in [0.25, 0.3) is 0 Å². The van der Waals surface area contributed by atoms with E-state index in [1.54, 1.807) is 42.4 Å². The van der Waals surface area contributed by atoms with Gasteiger partial charge in [0.2, 0.25) is 0 Å². The number of thioether (sulfide) groups is 1. The summed E-state index contributed by atoms with van der Waals surface area (Å²) in [5.41, 5.74) is 1.22. The Hall–Kier alpha value is -2.41. The highest BCUT2D eigenvalue weighted by Gasteiger charge is 2.20. The Labute approximate surface area is 138 Å². The van der Waals surface area contributed by atoms with Crippen LogP contribution in [0.15, 0.2) is 47.6 Å². The third-order valence-electron chi connectivity index (χ3n) is 3.66. The van der Waals surface area contributed by atoms with E-state index in [-0.39, 0.29) is 17.6 Å². The summed E-state index contributed by atoms with van der Waals surface area (Å²) in [6.45, 7) is 1.83. The molecule has 0 saturated carbocycles. The fourth-order valence-electron chi connectivity index (χ4n) is 2.13. The minimum atomic E-state index is -0.441. The second-order valence-electron chi connectivity index (χ2n) is 5.03. The van der Waals surface area contributed by atoms with Gasteiger partial charge in [-0.3, -0.25) is 14.9 Å². The van der Waals surface area contributed by atoms with Gasteiger partial charge in [0.1, 0.15) is 0 Å². The van der Waals surface area contributed by atoms with E-state index in [0.717, 1.165) is 5.03 Å². The number of nitro groups is 1. The number of hydrogen-bond acceptors (Lipinski definition) is 5. The van der Waals surface area contributed by atoms with Crippen LogP contribution in [0.5, 0.6) is 0 Å². The number of rotatable bonds is 5. The van der Waals surface area contributed by atoms with Crippen LogP contribution in [-0.2, 0) is 0 Å². The van der Waals surface area contributed by atoms with Crippen molar-refractivity contribution in [2.45, 2.75) is 18.0 Å². The van der Waals surface area contributed by atoms with Crippen molar-refractivity contribution in [3.63, 3.8) is 0 Å². The zero-order valence-corrected chi connectivity index (χ0v) is 13.9. The van der Waals surface area contributed by atoms with Gasteiger partial charge in [-0.2, -0.15) is 0 Å². The van der Waals surface area contributed by atoms with Gasteiger partial charge in [0.25, 0.3) is 11.6 Å². The molecule has 1 aromatic heterocycles. The Kier molecular flexibility index (Phi) is 5.33. The lowest BCUT2D eigenvalue weighted by molar-refractivity contribution is -0.384. The number of nitro benzene ring substituents is 1. The fraction of sp³-hybridized carbons (Fsp3) is 0.250. The van der Waals surface area contributed by atoms with Crippen LogP contribution in [0, 0.1) is 10.1 Å². The second-order valence-corrected chi connectivity index (χ2v) is 5.86. The molecule has 23 heavy (non-hydrogen) atoms. The number of benzene rings is 1. The first-order valence-electron chi connectivity index (χ1n) is 6.95. The number of aromatic nitrogens is 1. The standard InChI is InChI=1S/C16H17N3O3S/c1-11(12-5-4-6-14(9-12)19(21)22)18(2)16(20)13-7-8-15(23-3)17-10-13/h4-11H,1-3H3/t11-/m1/s1. The summed E-state index contributed by atoms with van der Waals surface area (Å²) in [6.07, 6.45) is 3.46. The molecule has 6 nitrogen and oxygen atoms in total. The van der Waals surface area contributed by atoms with Gasteiger partial charge in [-0.1, -0.05) is 12.1 Å². The molecular weight excluding hydrogens is 314 g/mol. The molecule has 0 spiro atoms. The third-order valence-corrected chi connectivity index (χ3v) is 4.32. The largest absolute Gasteiger partial charge is 0.335 e. The molecule has 0 fully saturated rings. The number of pyridine rings is 1. The fourth-order valence-corrected chi connectivity index (χ4v) is 2.49. The molecule has 7 heteroatoms. The number of carbonyl (C=O) groups excluding carboxylic acids is 1. The molecule has 0 bridgehead atoms. The summed E-state index contributed by atoms with van der Waals surface area (Å²) in [5, 5.41) is 11.7. The lowest BCUT2D eigenvalue weighted by Crippen LogP contribution is -2.29. The van der Waals surface area contributed by atoms with Crippen molar-refractivity contribution in [3.8, 4) is 0 Å². The Morgan fingerprint density at radius 3 is 2.65 bits per heavy atom. The molecule has 120 valence electrons. The Morgan fingerprint density at radius 1 is 1.35 bits per heavy atom. The smallest absolute Gasteiger partial charge is 0.269 e. The summed E-state index contributed by atoms with van der Waals surface area (Å²) in [4.78, 5) is 28.7. The minimum absolute atomic E-state index is 0.0150. The summed E-state index contributed by atoms with van der Waals surface area (Å²) < 4.78 is 0. The average Bonchev–Trinajstić information content (AvgIpc) is 2.60. The zero-order valence-electron chi connectivity index (χ0n) is 13.1. The van der Waals surface area contributed by atoms with Crippen LogP contribution in [0.4, 0.5) is 5.69 Å². The lowest BCUT2D eigenvalue weighted by atomic mass is 10.1. The predicted octanol–water partition coefficient (Wildman–Crippen LogP) is 3.54. The van der Waals surface area contributed by atoms with Gasteiger partial charge in [-0.15, -0.1) is 11.8 Å². The van der Waals surface area contributed by atoms with E-state index >= 15 is 0 Å². The normalized spacial score (nSPS) is 11.8. The molecule has 0 radical (unpaired) electrons. The number of carbonyl (C=O) groups is 1. The summed E-state index contributed by atoms with van der Waals surface area (Å²) >= 11 is 1.51. The van der Waals surface area contributed by atoms with Crippen LogP contribution in [0.2, 0.25) is 0 Å². The average molecular weight is 331 g/mol. The molecule has 0 saturated heterocycles. The molecule has 1 aromatic carbocycles. The van der Waals surface area contributed by atoms with Gasteiger partial charge >= 0.3 is 0 Å². The van der Waals surface area contributed by atoms with Crippen LogP contribution in [-0.4, -0.2) is 34.0 Å². The van der Waals surface area contributed by atoms with E-state index in [0.29, 0.717) is 11.1 Å². The third kappa shape index (κ3) is 3.87. The first-order valence-corrected chi connectivity index (χ1v) is 8.18. The molecule has 2 rings (SSSR count). The maximum atomic E-state index is 12.5. The zero-order chi connectivity index (χ0) is 17.0. The summed E-state index contributed by atoms with van der Waals surface area (Å²) in [5.74, 6) is -0.177. The maximum absolute atomic E-state index is 12.5. The van der Waals surface area contributed by atoms with E-state index < -0.39 is 4.92 Å². The molecule has 0 N–H and O–H groups in total. The molecule has 0 aliphatic carbocycles. The van der Waals surface area contributed by atoms with E-state index in [9.17, 15) is 14.9 Å². The molecule has 0 aliphatic heterocycles. The SMILES string of the molecule is CSc1ccc(C(=O)N(C)[C@H](C)c2cccc([N+](=O)[O-])c2)cn1. The van der Waals surface area contributed by atoms with Crippen molar-refractivity contribution in [1.82, 2.24) is 9.88 Å². The van der Waals surface area contributed by atoms with Crippen LogP contribution >= 0.6 is 11.8 Å². The Morgan fingerprint density at radius 2 is 2.09 bits per heavy atom. The molecule has 0 aliphatic rings. The second kappa shape index (κ2) is 7.23. The molecule has 1 heterocycles. The summed E-state index contributed by atoms with van der Waals surface area (Å²) in [6, 6.07) is 9.56. The quantitative estimate of drug-likeness (QED) is 0.476. The van der Waals surface area contributed by atoms with Crippen LogP contribution < -0.4 is 0 Å². The highest BCUT2D eigenvalue weighted by Crippen LogP contribution is 2.24. The van der Waals surface area contributed by atoms with Crippen molar-refractivity contribution in [2.75, 3.05) is 13.3 Å². The first-order chi connectivity index (χ1) is 10.9. The number of nitrogens with zero attached hydrogens (tertiary/aromatic N) is 3. The van der Waals surface area contributed by atoms with Crippen molar-refractivity contribution in [1.29, 1.82) is 0 Å². The van der Waals surface area contributed by atoms with Gasteiger partial charge in [0, 0.05) is 25.4 Å². The first kappa shape index (κ1) is 17.0. The highest BCUT2D eigenvalue weighted by atomic mass is 32.2. The van der Waals surface area contributed by atoms with Gasteiger partial charge in [-0.05, 0) is 30.9 Å². The van der Waals surface area contributed by atoms with Crippen molar-refractivity contribution in [3.05, 3.63) is 63.8 Å². The van der Waals surface area contributed by atoms with Gasteiger partial charge in [0.05, 0.1) is 21.6 Å². The molecule has 2 aromatic rings. The van der Waals surface area contributed by atoms with Crippen molar-refractivity contribution in [2.24, 2.45) is 0 Å². The molecular formula is C16H17N3O3S. The summed E-state index contributed by atoms with van der Waals surface area (Å²) in [7, 11) is 1.67. The predicted molar refractivity (Wildman–Crippen MR) is 89.6 cm³/mol. The molecule has 1 amide bonds. The molecule has 0 unspecified atom stereocenters. The Balaban J connectivity index is 2.20. The lowest BCUT2D eigenvalue weighted by Gasteiger charge is -2.25. The topological polar surface area (TPSA) is 76.3 Å².